The van der Waals surface area contributed by atoms with Crippen molar-refractivity contribution < 1.29 is 14.6 Å². The van der Waals surface area contributed by atoms with Crippen LogP contribution >= 0.6 is 0 Å². The molecule has 0 saturated carbocycles. The fraction of sp³-hybridized carbons (Fsp3) is 0.423. The van der Waals surface area contributed by atoms with Crippen molar-refractivity contribution in [3.05, 3.63) is 71.9 Å². The second kappa shape index (κ2) is 10.8. The van der Waals surface area contributed by atoms with E-state index in [0.29, 0.717) is 19.0 Å². The molecular weight excluding hydrogens is 402 g/mol. The summed E-state index contributed by atoms with van der Waals surface area (Å²) in [5.74, 6) is 1.48. The number of aromatic nitrogens is 2. The van der Waals surface area contributed by atoms with Crippen LogP contribution in [-0.4, -0.2) is 51.7 Å². The van der Waals surface area contributed by atoms with E-state index in [1.54, 1.807) is 0 Å². The number of aliphatic hydroxyl groups excluding tert-OH is 1. The number of rotatable bonds is 10. The number of para-hydroxylation sites is 2. The molecule has 1 aliphatic heterocycles. The average Bonchev–Trinajstić information content (AvgIpc) is 3.44. The van der Waals surface area contributed by atoms with Crippen LogP contribution in [0.15, 0.2) is 60.7 Å². The number of hydrogen-bond acceptors (Lipinski definition) is 5. The molecule has 4 rings (SSSR count). The molecule has 0 bridgehead atoms. The van der Waals surface area contributed by atoms with E-state index in [-0.39, 0.29) is 12.2 Å². The van der Waals surface area contributed by atoms with Crippen LogP contribution in [-0.2, 0) is 11.3 Å². The fourth-order valence-electron chi connectivity index (χ4n) is 4.10. The molecule has 2 aromatic carbocycles. The highest BCUT2D eigenvalue weighted by atomic mass is 16.5. The van der Waals surface area contributed by atoms with Gasteiger partial charge < -0.3 is 14.6 Å². The average molecular weight is 436 g/mol. The van der Waals surface area contributed by atoms with Gasteiger partial charge in [0.1, 0.15) is 5.75 Å². The van der Waals surface area contributed by atoms with Gasteiger partial charge in [0.25, 0.3) is 0 Å². The minimum absolute atomic E-state index is 0.210. The molecule has 2 heterocycles. The topological polar surface area (TPSA) is 59.8 Å². The fourth-order valence-corrected chi connectivity index (χ4v) is 4.10. The molecular formula is C26H33N3O3. The highest BCUT2D eigenvalue weighted by Gasteiger charge is 2.25. The third-order valence-electron chi connectivity index (χ3n) is 5.90. The first-order valence-electron chi connectivity index (χ1n) is 11.5. The van der Waals surface area contributed by atoms with Crippen LogP contribution in [0.1, 0.15) is 37.4 Å². The molecule has 0 aliphatic carbocycles. The standard InChI is InChI=1S/C26H33N3O3/c1-3-22(30)17-28(18-24-15-10-16-31-24)19-25-20(2)27-29(21-11-6-4-7-12-21)26(25)32-23-13-8-5-9-14-23/h4-9,11-14,22,24,30H,3,10,15-19H2,1-2H3/t22-,24-/m0/s1. The van der Waals surface area contributed by atoms with Crippen molar-refractivity contribution >= 4 is 0 Å². The van der Waals surface area contributed by atoms with Crippen molar-refractivity contribution in [1.82, 2.24) is 14.7 Å². The van der Waals surface area contributed by atoms with Crippen LogP contribution in [0.2, 0.25) is 0 Å². The Morgan fingerprint density at radius 3 is 2.53 bits per heavy atom. The lowest BCUT2D eigenvalue weighted by molar-refractivity contribution is 0.0451. The predicted molar refractivity (Wildman–Crippen MR) is 125 cm³/mol. The van der Waals surface area contributed by atoms with Gasteiger partial charge in [0.2, 0.25) is 5.88 Å². The summed E-state index contributed by atoms with van der Waals surface area (Å²) in [6, 6.07) is 19.9. The highest BCUT2D eigenvalue weighted by molar-refractivity contribution is 5.43. The molecule has 6 heteroatoms. The van der Waals surface area contributed by atoms with E-state index in [2.05, 4.69) is 4.90 Å². The van der Waals surface area contributed by atoms with E-state index >= 15 is 0 Å². The summed E-state index contributed by atoms with van der Waals surface area (Å²) in [6.45, 7) is 6.87. The monoisotopic (exact) mass is 435 g/mol. The molecule has 2 atom stereocenters. The van der Waals surface area contributed by atoms with Gasteiger partial charge in [0, 0.05) is 26.2 Å². The zero-order chi connectivity index (χ0) is 22.3. The zero-order valence-corrected chi connectivity index (χ0v) is 19.0. The summed E-state index contributed by atoms with van der Waals surface area (Å²) >= 11 is 0. The van der Waals surface area contributed by atoms with Gasteiger partial charge in [-0.05, 0) is 50.5 Å². The Balaban J connectivity index is 1.68. The van der Waals surface area contributed by atoms with Crippen molar-refractivity contribution in [1.29, 1.82) is 0 Å². The SMILES string of the molecule is CC[C@H](O)CN(Cc1c(C)nn(-c2ccccc2)c1Oc1ccccc1)C[C@@H]1CCCO1. The van der Waals surface area contributed by atoms with Gasteiger partial charge in [-0.2, -0.15) is 5.10 Å². The molecule has 32 heavy (non-hydrogen) atoms. The summed E-state index contributed by atoms with van der Waals surface area (Å²) in [6.07, 6.45) is 2.72. The van der Waals surface area contributed by atoms with Crippen LogP contribution in [0.3, 0.4) is 0 Å². The Hall–Kier alpha value is -2.67. The lowest BCUT2D eigenvalue weighted by Gasteiger charge is -2.27. The summed E-state index contributed by atoms with van der Waals surface area (Å²) in [4.78, 5) is 2.28. The first kappa shape index (κ1) is 22.5. The van der Waals surface area contributed by atoms with Crippen molar-refractivity contribution in [2.45, 2.75) is 51.9 Å². The van der Waals surface area contributed by atoms with Crippen molar-refractivity contribution in [2.24, 2.45) is 0 Å². The normalized spacial score (nSPS) is 17.1. The maximum Gasteiger partial charge on any atom is 0.227 e. The van der Waals surface area contributed by atoms with Gasteiger partial charge in [-0.25, -0.2) is 4.68 Å². The number of aliphatic hydroxyl groups is 1. The summed E-state index contributed by atoms with van der Waals surface area (Å²) < 4.78 is 14.2. The first-order chi connectivity index (χ1) is 15.6. The number of hydrogen-bond donors (Lipinski definition) is 1. The quantitative estimate of drug-likeness (QED) is 0.499. The number of nitrogens with zero attached hydrogens (tertiary/aromatic N) is 3. The van der Waals surface area contributed by atoms with E-state index < -0.39 is 0 Å². The van der Waals surface area contributed by atoms with Crippen molar-refractivity contribution in [2.75, 3.05) is 19.7 Å². The zero-order valence-electron chi connectivity index (χ0n) is 19.0. The van der Waals surface area contributed by atoms with Crippen LogP contribution in [0, 0.1) is 6.92 Å². The number of aryl methyl sites for hydroxylation is 1. The second-order valence-corrected chi connectivity index (χ2v) is 8.42. The maximum atomic E-state index is 10.4. The Labute approximate surface area is 190 Å². The third kappa shape index (κ3) is 5.57. The second-order valence-electron chi connectivity index (χ2n) is 8.42. The largest absolute Gasteiger partial charge is 0.439 e. The van der Waals surface area contributed by atoms with Gasteiger partial charge >= 0.3 is 0 Å². The molecule has 0 unspecified atom stereocenters. The first-order valence-corrected chi connectivity index (χ1v) is 11.5. The molecule has 1 saturated heterocycles. The lowest BCUT2D eigenvalue weighted by Crippen LogP contribution is -2.37. The van der Waals surface area contributed by atoms with Crippen LogP contribution < -0.4 is 4.74 Å². The predicted octanol–water partition coefficient (Wildman–Crippen LogP) is 4.72. The van der Waals surface area contributed by atoms with Crippen molar-refractivity contribution in [3.8, 4) is 17.3 Å². The molecule has 1 aliphatic rings. The Morgan fingerprint density at radius 2 is 1.88 bits per heavy atom. The van der Waals surface area contributed by atoms with E-state index in [1.165, 1.54) is 0 Å². The van der Waals surface area contributed by atoms with E-state index in [0.717, 1.165) is 55.1 Å². The van der Waals surface area contributed by atoms with Gasteiger partial charge in [-0.15, -0.1) is 0 Å². The molecule has 1 N–H and O–H groups in total. The van der Waals surface area contributed by atoms with Crippen LogP contribution in [0.25, 0.3) is 5.69 Å². The van der Waals surface area contributed by atoms with Gasteiger partial charge in [0.15, 0.2) is 0 Å². The Kier molecular flexibility index (Phi) is 7.58. The van der Waals surface area contributed by atoms with Gasteiger partial charge in [-0.3, -0.25) is 4.90 Å². The van der Waals surface area contributed by atoms with Gasteiger partial charge in [0.05, 0.1) is 29.2 Å². The smallest absolute Gasteiger partial charge is 0.227 e. The van der Waals surface area contributed by atoms with E-state index in [1.807, 2.05) is 79.2 Å². The van der Waals surface area contributed by atoms with Gasteiger partial charge in [-0.1, -0.05) is 43.3 Å². The molecule has 1 fully saturated rings. The highest BCUT2D eigenvalue weighted by Crippen LogP contribution is 2.32. The molecule has 1 aromatic heterocycles. The van der Waals surface area contributed by atoms with Crippen LogP contribution in [0.5, 0.6) is 11.6 Å². The molecule has 0 spiro atoms. The molecule has 3 aromatic rings. The lowest BCUT2D eigenvalue weighted by atomic mass is 10.1. The molecule has 170 valence electrons. The Bertz CT molecular complexity index is 969. The minimum atomic E-state index is -0.376. The van der Waals surface area contributed by atoms with E-state index in [9.17, 15) is 5.11 Å². The van der Waals surface area contributed by atoms with Crippen molar-refractivity contribution in [3.63, 3.8) is 0 Å². The maximum absolute atomic E-state index is 10.4. The molecule has 6 nitrogen and oxygen atoms in total. The summed E-state index contributed by atoms with van der Waals surface area (Å²) in [5, 5.41) is 15.2. The number of ether oxygens (including phenoxy) is 2. The Morgan fingerprint density at radius 1 is 1.16 bits per heavy atom. The minimum Gasteiger partial charge on any atom is -0.439 e. The number of benzene rings is 2. The third-order valence-corrected chi connectivity index (χ3v) is 5.90. The summed E-state index contributed by atoms with van der Waals surface area (Å²) in [5.41, 5.74) is 2.90. The summed E-state index contributed by atoms with van der Waals surface area (Å²) in [7, 11) is 0. The van der Waals surface area contributed by atoms with E-state index in [4.69, 9.17) is 14.6 Å². The van der Waals surface area contributed by atoms with Crippen LogP contribution in [0.4, 0.5) is 0 Å². The molecule has 0 amide bonds. The molecule has 0 radical (unpaired) electrons.